The number of benzene rings is 1. The molecule has 3 heterocycles. The predicted molar refractivity (Wildman–Crippen MR) is 98.0 cm³/mol. The number of aromatic nitrogens is 2. The van der Waals surface area contributed by atoms with Crippen molar-refractivity contribution in [3.05, 3.63) is 35.9 Å². The minimum absolute atomic E-state index is 0.0537. The lowest BCUT2D eigenvalue weighted by molar-refractivity contribution is -0.121. The Hall–Kier alpha value is -2.83. The Bertz CT molecular complexity index is 804. The summed E-state index contributed by atoms with van der Waals surface area (Å²) in [6.45, 7) is 2.11. The highest BCUT2D eigenvalue weighted by atomic mass is 16.5. The number of carbonyl (C=O) groups excluding carboxylic acids is 1. The molecule has 7 nitrogen and oxygen atoms in total. The van der Waals surface area contributed by atoms with Gasteiger partial charge in [0, 0.05) is 25.3 Å². The van der Waals surface area contributed by atoms with Gasteiger partial charge in [0.15, 0.2) is 0 Å². The van der Waals surface area contributed by atoms with Crippen molar-refractivity contribution in [3.63, 3.8) is 0 Å². The van der Waals surface area contributed by atoms with Crippen LogP contribution in [0, 0.1) is 5.92 Å². The summed E-state index contributed by atoms with van der Waals surface area (Å²) in [6, 6.07) is 9.78. The number of para-hydroxylation sites is 1. The van der Waals surface area contributed by atoms with Crippen molar-refractivity contribution in [1.29, 1.82) is 0 Å². The minimum Gasteiger partial charge on any atom is -0.481 e. The van der Waals surface area contributed by atoms with E-state index in [1.807, 2.05) is 28.0 Å². The summed E-state index contributed by atoms with van der Waals surface area (Å²) in [4.78, 5) is 25.8. The zero-order valence-electron chi connectivity index (χ0n) is 15.0. The van der Waals surface area contributed by atoms with Gasteiger partial charge in [-0.15, -0.1) is 0 Å². The molecule has 2 aromatic rings. The van der Waals surface area contributed by atoms with Crippen LogP contribution in [-0.4, -0.2) is 49.7 Å². The monoisotopic (exact) mass is 354 g/mol. The van der Waals surface area contributed by atoms with Crippen LogP contribution in [0.5, 0.6) is 11.8 Å². The number of hydrogen-bond acceptors (Lipinski definition) is 6. The summed E-state index contributed by atoms with van der Waals surface area (Å²) < 4.78 is 10.4. The van der Waals surface area contributed by atoms with E-state index in [0.717, 1.165) is 31.6 Å². The Balaban J connectivity index is 1.50. The molecule has 0 saturated carbocycles. The van der Waals surface area contributed by atoms with Gasteiger partial charge in [-0.05, 0) is 24.5 Å². The van der Waals surface area contributed by atoms with Crippen LogP contribution in [0.3, 0.4) is 0 Å². The van der Waals surface area contributed by atoms with Gasteiger partial charge in [-0.3, -0.25) is 4.79 Å². The largest absolute Gasteiger partial charge is 0.481 e. The molecule has 0 radical (unpaired) electrons. The maximum atomic E-state index is 13.0. The SMILES string of the molecule is COc1cc(OC)nc(N2CCC(C(=O)N3CCc4ccccc43)C2)n1. The third kappa shape index (κ3) is 2.94. The number of anilines is 2. The molecule has 1 amide bonds. The molecular formula is C19H22N4O3. The van der Waals surface area contributed by atoms with Gasteiger partial charge < -0.3 is 19.3 Å². The van der Waals surface area contributed by atoms with Crippen molar-refractivity contribution in [2.75, 3.05) is 43.7 Å². The average molecular weight is 354 g/mol. The molecule has 136 valence electrons. The van der Waals surface area contributed by atoms with E-state index in [-0.39, 0.29) is 11.8 Å². The number of hydrogen-bond donors (Lipinski definition) is 0. The fraction of sp³-hybridized carbons (Fsp3) is 0.421. The van der Waals surface area contributed by atoms with E-state index in [4.69, 9.17) is 9.47 Å². The molecule has 1 aromatic heterocycles. The fourth-order valence-electron chi connectivity index (χ4n) is 3.67. The molecule has 1 fully saturated rings. The van der Waals surface area contributed by atoms with Gasteiger partial charge in [0.2, 0.25) is 23.6 Å². The van der Waals surface area contributed by atoms with Gasteiger partial charge in [-0.1, -0.05) is 18.2 Å². The molecule has 2 aliphatic rings. The number of methoxy groups -OCH3 is 2. The summed E-state index contributed by atoms with van der Waals surface area (Å²) >= 11 is 0. The first-order valence-corrected chi connectivity index (χ1v) is 8.81. The van der Waals surface area contributed by atoms with Crippen molar-refractivity contribution in [2.24, 2.45) is 5.92 Å². The molecule has 0 aliphatic carbocycles. The highest BCUT2D eigenvalue weighted by molar-refractivity contribution is 5.97. The normalized spacial score (nSPS) is 18.8. The Morgan fingerprint density at radius 2 is 1.85 bits per heavy atom. The van der Waals surface area contributed by atoms with E-state index in [1.165, 1.54) is 5.56 Å². The first kappa shape index (κ1) is 16.6. The number of rotatable bonds is 4. The molecule has 26 heavy (non-hydrogen) atoms. The van der Waals surface area contributed by atoms with Crippen LogP contribution in [0.1, 0.15) is 12.0 Å². The van der Waals surface area contributed by atoms with Crippen molar-refractivity contribution in [3.8, 4) is 11.8 Å². The van der Waals surface area contributed by atoms with Crippen molar-refractivity contribution in [1.82, 2.24) is 9.97 Å². The van der Waals surface area contributed by atoms with Crippen LogP contribution in [-0.2, 0) is 11.2 Å². The molecule has 1 atom stereocenters. The smallest absolute Gasteiger partial charge is 0.231 e. The van der Waals surface area contributed by atoms with Gasteiger partial charge in [0.1, 0.15) is 0 Å². The van der Waals surface area contributed by atoms with Crippen LogP contribution < -0.4 is 19.3 Å². The lowest BCUT2D eigenvalue weighted by Gasteiger charge is -2.22. The first-order valence-electron chi connectivity index (χ1n) is 8.81. The standard InChI is InChI=1S/C19H22N4O3/c1-25-16-11-17(26-2)21-19(20-16)22-9-7-14(12-22)18(24)23-10-8-13-5-3-4-6-15(13)23/h3-6,11,14H,7-10,12H2,1-2H3. The Morgan fingerprint density at radius 1 is 1.12 bits per heavy atom. The Kier molecular flexibility index (Phi) is 4.36. The lowest BCUT2D eigenvalue weighted by Crippen LogP contribution is -2.36. The first-order chi connectivity index (χ1) is 12.7. The third-order valence-corrected chi connectivity index (χ3v) is 5.06. The van der Waals surface area contributed by atoms with Gasteiger partial charge in [0.05, 0.1) is 26.2 Å². The number of ether oxygens (including phenoxy) is 2. The zero-order chi connectivity index (χ0) is 18.1. The molecule has 0 N–H and O–H groups in total. The second-order valence-electron chi connectivity index (χ2n) is 6.55. The van der Waals surface area contributed by atoms with E-state index in [0.29, 0.717) is 24.3 Å². The van der Waals surface area contributed by atoms with Crippen LogP contribution in [0.25, 0.3) is 0 Å². The molecule has 1 saturated heterocycles. The van der Waals surface area contributed by atoms with Crippen LogP contribution in [0.2, 0.25) is 0 Å². The summed E-state index contributed by atoms with van der Waals surface area (Å²) in [6.07, 6.45) is 1.72. The van der Waals surface area contributed by atoms with Gasteiger partial charge in [0.25, 0.3) is 0 Å². The van der Waals surface area contributed by atoms with Gasteiger partial charge in [-0.25, -0.2) is 0 Å². The molecule has 4 rings (SSSR count). The van der Waals surface area contributed by atoms with E-state index in [9.17, 15) is 4.79 Å². The van der Waals surface area contributed by atoms with Crippen molar-refractivity contribution in [2.45, 2.75) is 12.8 Å². The van der Waals surface area contributed by atoms with Crippen LogP contribution in [0.15, 0.2) is 30.3 Å². The summed E-state index contributed by atoms with van der Waals surface area (Å²) in [5.41, 5.74) is 2.30. The van der Waals surface area contributed by atoms with Gasteiger partial charge in [-0.2, -0.15) is 9.97 Å². The van der Waals surface area contributed by atoms with Crippen LogP contribution in [0.4, 0.5) is 11.6 Å². The molecule has 7 heteroatoms. The minimum atomic E-state index is -0.0537. The second-order valence-corrected chi connectivity index (χ2v) is 6.55. The zero-order valence-corrected chi connectivity index (χ0v) is 15.0. The Labute approximate surface area is 152 Å². The molecule has 0 bridgehead atoms. The maximum absolute atomic E-state index is 13.0. The third-order valence-electron chi connectivity index (χ3n) is 5.06. The lowest BCUT2D eigenvalue weighted by atomic mass is 10.1. The Morgan fingerprint density at radius 3 is 2.58 bits per heavy atom. The fourth-order valence-corrected chi connectivity index (χ4v) is 3.67. The number of carbonyl (C=O) groups is 1. The topological polar surface area (TPSA) is 67.8 Å². The number of amides is 1. The van der Waals surface area contributed by atoms with E-state index in [1.54, 1.807) is 20.3 Å². The number of nitrogens with zero attached hydrogens (tertiary/aromatic N) is 4. The summed E-state index contributed by atoms with van der Waals surface area (Å²) in [5, 5.41) is 0. The van der Waals surface area contributed by atoms with E-state index < -0.39 is 0 Å². The summed E-state index contributed by atoms with van der Waals surface area (Å²) in [7, 11) is 3.12. The highest BCUT2D eigenvalue weighted by Crippen LogP contribution is 2.32. The average Bonchev–Trinajstić information content (AvgIpc) is 3.34. The molecule has 2 aliphatic heterocycles. The van der Waals surface area contributed by atoms with Crippen molar-refractivity contribution >= 4 is 17.5 Å². The molecular weight excluding hydrogens is 332 g/mol. The predicted octanol–water partition coefficient (Wildman–Crippen LogP) is 1.91. The van der Waals surface area contributed by atoms with E-state index in [2.05, 4.69) is 16.0 Å². The maximum Gasteiger partial charge on any atom is 0.231 e. The molecule has 0 spiro atoms. The van der Waals surface area contributed by atoms with E-state index >= 15 is 0 Å². The van der Waals surface area contributed by atoms with Crippen molar-refractivity contribution < 1.29 is 14.3 Å². The summed E-state index contributed by atoms with van der Waals surface area (Å²) in [5.74, 6) is 1.58. The quantitative estimate of drug-likeness (QED) is 0.836. The highest BCUT2D eigenvalue weighted by Gasteiger charge is 2.35. The molecule has 1 unspecified atom stereocenters. The number of fused-ring (bicyclic) bond motifs is 1. The molecule has 1 aromatic carbocycles. The van der Waals surface area contributed by atoms with Gasteiger partial charge >= 0.3 is 0 Å². The van der Waals surface area contributed by atoms with Crippen LogP contribution >= 0.6 is 0 Å². The second kappa shape index (κ2) is 6.82.